The molecule has 0 heterocycles. The average Bonchev–Trinajstić information content (AvgIpc) is 2.72. The van der Waals surface area contributed by atoms with Crippen LogP contribution in [0.2, 0.25) is 0 Å². The number of hydrogen-bond donors (Lipinski definition) is 1. The van der Waals surface area contributed by atoms with Crippen molar-refractivity contribution in [2.75, 3.05) is 10.8 Å². The lowest BCUT2D eigenvalue weighted by Crippen LogP contribution is -2.39. The van der Waals surface area contributed by atoms with Gasteiger partial charge >= 0.3 is 0 Å². The van der Waals surface area contributed by atoms with Gasteiger partial charge in [0, 0.05) is 5.71 Å². The van der Waals surface area contributed by atoms with Gasteiger partial charge in [-0.2, -0.15) is 5.10 Å². The fourth-order valence-corrected chi connectivity index (χ4v) is 4.66. The number of benzene rings is 2. The maximum atomic E-state index is 13.3. The van der Waals surface area contributed by atoms with E-state index in [0.29, 0.717) is 5.69 Å². The first-order valence-electron chi connectivity index (χ1n) is 9.86. The Morgan fingerprint density at radius 3 is 2.07 bits per heavy atom. The summed E-state index contributed by atoms with van der Waals surface area (Å²) in [6, 6.07) is 13.7. The number of nitrogens with one attached hydrogen (secondary N) is 1. The van der Waals surface area contributed by atoms with Crippen molar-refractivity contribution < 1.29 is 13.2 Å². The van der Waals surface area contributed by atoms with Crippen LogP contribution in [0.4, 0.5) is 5.69 Å². The molecule has 1 fully saturated rings. The second-order valence-electron chi connectivity index (χ2n) is 7.43. The van der Waals surface area contributed by atoms with Crippen molar-refractivity contribution in [1.82, 2.24) is 5.43 Å². The number of nitrogens with zero attached hydrogens (tertiary/aromatic N) is 2. The van der Waals surface area contributed by atoms with E-state index in [9.17, 15) is 13.2 Å². The number of carbonyl (C=O) groups is 1. The van der Waals surface area contributed by atoms with Crippen molar-refractivity contribution in [2.45, 2.75) is 50.8 Å². The molecule has 2 aromatic carbocycles. The van der Waals surface area contributed by atoms with Crippen LogP contribution >= 0.6 is 0 Å². The Kier molecular flexibility index (Phi) is 6.69. The molecule has 0 atom stereocenters. The zero-order valence-electron chi connectivity index (χ0n) is 16.9. The summed E-state index contributed by atoms with van der Waals surface area (Å²) in [4.78, 5) is 12.7. The molecule has 0 spiro atoms. The molecule has 7 heteroatoms. The largest absolute Gasteiger partial charge is 0.271 e. The summed E-state index contributed by atoms with van der Waals surface area (Å²) >= 11 is 0. The van der Waals surface area contributed by atoms with Gasteiger partial charge in [-0.25, -0.2) is 13.8 Å². The number of aryl methyl sites for hydroxylation is 2. The molecule has 1 aliphatic carbocycles. The van der Waals surface area contributed by atoms with Crippen LogP contribution in [0.25, 0.3) is 0 Å². The van der Waals surface area contributed by atoms with E-state index in [1.54, 1.807) is 36.4 Å². The molecule has 0 radical (unpaired) electrons. The monoisotopic (exact) mass is 413 g/mol. The summed E-state index contributed by atoms with van der Waals surface area (Å²) in [5, 5.41) is 4.21. The first kappa shape index (κ1) is 21.0. The quantitative estimate of drug-likeness (QED) is 0.729. The van der Waals surface area contributed by atoms with Crippen molar-refractivity contribution in [1.29, 1.82) is 0 Å². The van der Waals surface area contributed by atoms with Crippen molar-refractivity contribution in [3.8, 4) is 0 Å². The minimum atomic E-state index is -3.90. The Balaban J connectivity index is 1.85. The fraction of sp³-hybridized carbons (Fsp3) is 0.364. The SMILES string of the molecule is Cc1ccc(N(CC(=O)NN=C2CCCCC2)S(=O)(=O)c2ccc(C)cc2)cc1. The van der Waals surface area contributed by atoms with Gasteiger partial charge in [0.2, 0.25) is 0 Å². The number of amides is 1. The van der Waals surface area contributed by atoms with Crippen molar-refractivity contribution in [3.05, 3.63) is 59.7 Å². The van der Waals surface area contributed by atoms with E-state index in [4.69, 9.17) is 0 Å². The molecule has 2 aromatic rings. The van der Waals surface area contributed by atoms with E-state index < -0.39 is 15.9 Å². The van der Waals surface area contributed by atoms with Crippen LogP contribution in [0.1, 0.15) is 43.2 Å². The summed E-state index contributed by atoms with van der Waals surface area (Å²) in [7, 11) is -3.90. The van der Waals surface area contributed by atoms with E-state index in [1.807, 2.05) is 26.0 Å². The van der Waals surface area contributed by atoms with Crippen molar-refractivity contribution >= 4 is 27.3 Å². The molecule has 29 heavy (non-hydrogen) atoms. The highest BCUT2D eigenvalue weighted by Crippen LogP contribution is 2.24. The van der Waals surface area contributed by atoms with Gasteiger partial charge in [0.15, 0.2) is 0 Å². The fourth-order valence-electron chi connectivity index (χ4n) is 3.24. The van der Waals surface area contributed by atoms with Crippen LogP contribution < -0.4 is 9.73 Å². The van der Waals surface area contributed by atoms with Gasteiger partial charge in [0.1, 0.15) is 6.54 Å². The topological polar surface area (TPSA) is 78.8 Å². The number of rotatable bonds is 6. The summed E-state index contributed by atoms with van der Waals surface area (Å²) in [6.07, 6.45) is 5.09. The van der Waals surface area contributed by atoms with Crippen LogP contribution in [-0.2, 0) is 14.8 Å². The first-order chi connectivity index (χ1) is 13.9. The summed E-state index contributed by atoms with van der Waals surface area (Å²) in [6.45, 7) is 3.48. The molecule has 3 rings (SSSR count). The number of sulfonamides is 1. The standard InChI is InChI=1S/C22H27N3O3S/c1-17-8-12-20(13-9-17)25(29(27,28)21-14-10-18(2)11-15-21)16-22(26)24-23-19-6-4-3-5-7-19/h8-15H,3-7,16H2,1-2H3,(H,24,26). The van der Waals surface area contributed by atoms with Crippen LogP contribution in [0.15, 0.2) is 58.5 Å². The Morgan fingerprint density at radius 2 is 1.48 bits per heavy atom. The van der Waals surface area contributed by atoms with Crippen LogP contribution in [0.3, 0.4) is 0 Å². The highest BCUT2D eigenvalue weighted by atomic mass is 32.2. The number of hydrazone groups is 1. The molecule has 0 unspecified atom stereocenters. The summed E-state index contributed by atoms with van der Waals surface area (Å²) in [5.74, 6) is -0.459. The normalized spacial score (nSPS) is 14.3. The lowest BCUT2D eigenvalue weighted by Gasteiger charge is -2.24. The lowest BCUT2D eigenvalue weighted by molar-refractivity contribution is -0.119. The van der Waals surface area contributed by atoms with Gasteiger partial charge < -0.3 is 0 Å². The average molecular weight is 414 g/mol. The molecule has 0 bridgehead atoms. The number of hydrogen-bond acceptors (Lipinski definition) is 4. The van der Waals surface area contributed by atoms with Gasteiger partial charge in [-0.15, -0.1) is 0 Å². The second kappa shape index (κ2) is 9.22. The third-order valence-corrected chi connectivity index (χ3v) is 6.78. The molecule has 1 aliphatic rings. The van der Waals surface area contributed by atoms with Crippen LogP contribution in [-0.4, -0.2) is 26.6 Å². The van der Waals surface area contributed by atoms with Gasteiger partial charge in [-0.1, -0.05) is 41.8 Å². The maximum absolute atomic E-state index is 13.3. The third-order valence-electron chi connectivity index (χ3n) is 4.99. The van der Waals surface area contributed by atoms with E-state index in [2.05, 4.69) is 10.5 Å². The Morgan fingerprint density at radius 1 is 0.931 bits per heavy atom. The molecule has 1 saturated carbocycles. The first-order valence-corrected chi connectivity index (χ1v) is 11.3. The molecule has 1 amide bonds. The molecule has 6 nitrogen and oxygen atoms in total. The molecule has 0 aliphatic heterocycles. The number of anilines is 1. The van der Waals surface area contributed by atoms with E-state index in [-0.39, 0.29) is 11.4 Å². The predicted octanol–water partition coefficient (Wildman–Crippen LogP) is 3.94. The Hall–Kier alpha value is -2.67. The molecule has 0 saturated heterocycles. The molecule has 0 aromatic heterocycles. The minimum absolute atomic E-state index is 0.148. The van der Waals surface area contributed by atoms with E-state index in [0.717, 1.165) is 46.8 Å². The lowest BCUT2D eigenvalue weighted by atomic mass is 9.99. The van der Waals surface area contributed by atoms with E-state index in [1.165, 1.54) is 6.42 Å². The molecule has 1 N–H and O–H groups in total. The van der Waals surface area contributed by atoms with Crippen molar-refractivity contribution in [2.24, 2.45) is 5.10 Å². The van der Waals surface area contributed by atoms with Gasteiger partial charge in [-0.3, -0.25) is 9.10 Å². The van der Waals surface area contributed by atoms with Gasteiger partial charge in [-0.05, 0) is 63.8 Å². The predicted molar refractivity (Wildman–Crippen MR) is 116 cm³/mol. The smallest absolute Gasteiger partial charge is 0.264 e. The minimum Gasteiger partial charge on any atom is -0.271 e. The number of carbonyl (C=O) groups excluding carboxylic acids is 1. The Bertz CT molecular complexity index is 973. The highest BCUT2D eigenvalue weighted by molar-refractivity contribution is 7.92. The van der Waals surface area contributed by atoms with Gasteiger partial charge in [0.05, 0.1) is 10.6 Å². The maximum Gasteiger partial charge on any atom is 0.264 e. The van der Waals surface area contributed by atoms with Crippen LogP contribution in [0, 0.1) is 13.8 Å². The Labute approximate surface area is 172 Å². The zero-order chi connectivity index (χ0) is 20.9. The van der Waals surface area contributed by atoms with Gasteiger partial charge in [0.25, 0.3) is 15.9 Å². The zero-order valence-corrected chi connectivity index (χ0v) is 17.7. The summed E-state index contributed by atoms with van der Waals surface area (Å²) < 4.78 is 27.7. The van der Waals surface area contributed by atoms with Crippen LogP contribution in [0.5, 0.6) is 0 Å². The molecular formula is C22H27N3O3S. The second-order valence-corrected chi connectivity index (χ2v) is 9.30. The third kappa shape index (κ3) is 5.44. The molecule has 154 valence electrons. The summed E-state index contributed by atoms with van der Waals surface area (Å²) in [5.41, 5.74) is 5.92. The molecular weight excluding hydrogens is 386 g/mol. The highest BCUT2D eigenvalue weighted by Gasteiger charge is 2.27. The van der Waals surface area contributed by atoms with E-state index >= 15 is 0 Å². The van der Waals surface area contributed by atoms with Crippen molar-refractivity contribution in [3.63, 3.8) is 0 Å².